The third kappa shape index (κ3) is 2.17. The molecule has 16 heavy (non-hydrogen) atoms. The Kier molecular flexibility index (Phi) is 3.27. The van der Waals surface area contributed by atoms with Crippen LogP contribution in [-0.2, 0) is 6.42 Å². The molecule has 2 heterocycles. The van der Waals surface area contributed by atoms with Gasteiger partial charge in [0.25, 0.3) is 0 Å². The van der Waals surface area contributed by atoms with Gasteiger partial charge in [0.2, 0.25) is 0 Å². The van der Waals surface area contributed by atoms with E-state index in [-0.39, 0.29) is 0 Å². The minimum absolute atomic E-state index is 0.789. The zero-order valence-corrected chi connectivity index (χ0v) is 10.5. The van der Waals surface area contributed by atoms with Crippen LogP contribution in [-0.4, -0.2) is 36.6 Å². The molecule has 1 aromatic heterocycles. The summed E-state index contributed by atoms with van der Waals surface area (Å²) in [4.78, 5) is 4.25. The molecule has 1 N–H and O–H groups in total. The SMILES string of the molecule is c1csc(CCN2CCN[C@@H]3CCC[C@H]32)c1. The molecule has 0 bridgehead atoms. The topological polar surface area (TPSA) is 15.3 Å². The Labute approximate surface area is 102 Å². The number of piperazine rings is 1. The highest BCUT2D eigenvalue weighted by molar-refractivity contribution is 7.09. The standard InChI is InChI=1S/C13H20N2S/c1-4-12-13(5-1)15(9-7-14-12)8-6-11-3-2-10-16-11/h2-3,10,12-14H,1,4-9H2/t12-,13-/m1/s1. The van der Waals surface area contributed by atoms with E-state index in [0.29, 0.717) is 0 Å². The van der Waals surface area contributed by atoms with Gasteiger partial charge in [0.1, 0.15) is 0 Å². The number of rotatable bonds is 3. The first-order valence-electron chi connectivity index (χ1n) is 6.43. The van der Waals surface area contributed by atoms with Gasteiger partial charge in [-0.25, -0.2) is 0 Å². The van der Waals surface area contributed by atoms with E-state index in [1.54, 1.807) is 0 Å². The molecule has 0 spiro atoms. The Bertz CT molecular complexity index is 323. The summed E-state index contributed by atoms with van der Waals surface area (Å²) >= 11 is 1.89. The number of thiophene rings is 1. The summed E-state index contributed by atoms with van der Waals surface area (Å²) in [6.07, 6.45) is 5.45. The van der Waals surface area contributed by atoms with Gasteiger partial charge in [-0.15, -0.1) is 11.3 Å². The molecule has 0 amide bonds. The predicted octanol–water partition coefficient (Wildman–Crippen LogP) is 2.12. The van der Waals surface area contributed by atoms with E-state index in [4.69, 9.17) is 0 Å². The molecule has 1 saturated carbocycles. The van der Waals surface area contributed by atoms with Gasteiger partial charge in [-0.3, -0.25) is 4.90 Å². The van der Waals surface area contributed by atoms with Crippen LogP contribution in [0.25, 0.3) is 0 Å². The molecule has 1 aliphatic carbocycles. The second-order valence-electron chi connectivity index (χ2n) is 4.92. The van der Waals surface area contributed by atoms with E-state index in [0.717, 1.165) is 12.1 Å². The Hall–Kier alpha value is -0.380. The maximum absolute atomic E-state index is 3.67. The van der Waals surface area contributed by atoms with Gasteiger partial charge in [0.05, 0.1) is 0 Å². The zero-order chi connectivity index (χ0) is 10.8. The van der Waals surface area contributed by atoms with E-state index in [9.17, 15) is 0 Å². The van der Waals surface area contributed by atoms with Crippen molar-refractivity contribution in [3.63, 3.8) is 0 Å². The molecule has 2 atom stereocenters. The minimum atomic E-state index is 0.789. The monoisotopic (exact) mass is 236 g/mol. The van der Waals surface area contributed by atoms with E-state index in [1.165, 1.54) is 50.2 Å². The molecule has 88 valence electrons. The summed E-state index contributed by atoms with van der Waals surface area (Å²) < 4.78 is 0. The van der Waals surface area contributed by atoms with Crippen molar-refractivity contribution in [3.05, 3.63) is 22.4 Å². The van der Waals surface area contributed by atoms with Crippen molar-refractivity contribution in [2.45, 2.75) is 37.8 Å². The van der Waals surface area contributed by atoms with Crippen LogP contribution in [0.5, 0.6) is 0 Å². The number of nitrogens with zero attached hydrogens (tertiary/aromatic N) is 1. The fourth-order valence-corrected chi connectivity index (χ4v) is 3.86. The molecule has 2 aliphatic rings. The molecular formula is C13H20N2S. The van der Waals surface area contributed by atoms with Crippen LogP contribution in [0, 0.1) is 0 Å². The van der Waals surface area contributed by atoms with Gasteiger partial charge in [0, 0.05) is 36.6 Å². The Morgan fingerprint density at radius 3 is 3.31 bits per heavy atom. The Balaban J connectivity index is 1.57. The van der Waals surface area contributed by atoms with Crippen LogP contribution >= 0.6 is 11.3 Å². The lowest BCUT2D eigenvalue weighted by molar-refractivity contribution is 0.139. The lowest BCUT2D eigenvalue weighted by atomic mass is 10.1. The fourth-order valence-electron chi connectivity index (χ4n) is 3.16. The zero-order valence-electron chi connectivity index (χ0n) is 9.69. The second kappa shape index (κ2) is 4.86. The van der Waals surface area contributed by atoms with Gasteiger partial charge in [-0.2, -0.15) is 0 Å². The summed E-state index contributed by atoms with van der Waals surface area (Å²) in [5.74, 6) is 0. The molecule has 2 fully saturated rings. The van der Waals surface area contributed by atoms with Crippen LogP contribution in [0.1, 0.15) is 24.1 Å². The molecule has 2 nitrogen and oxygen atoms in total. The first kappa shape index (κ1) is 10.8. The first-order valence-corrected chi connectivity index (χ1v) is 7.31. The van der Waals surface area contributed by atoms with Crippen molar-refractivity contribution in [3.8, 4) is 0 Å². The number of hydrogen-bond acceptors (Lipinski definition) is 3. The maximum Gasteiger partial charge on any atom is 0.0250 e. The minimum Gasteiger partial charge on any atom is -0.311 e. The highest BCUT2D eigenvalue weighted by atomic mass is 32.1. The summed E-state index contributed by atoms with van der Waals surface area (Å²) in [7, 11) is 0. The summed E-state index contributed by atoms with van der Waals surface area (Å²) in [6, 6.07) is 6.04. The molecule has 0 aromatic carbocycles. The van der Waals surface area contributed by atoms with Gasteiger partial charge >= 0.3 is 0 Å². The van der Waals surface area contributed by atoms with Crippen LogP contribution in [0.2, 0.25) is 0 Å². The first-order chi connectivity index (χ1) is 7.93. The van der Waals surface area contributed by atoms with E-state index in [2.05, 4.69) is 27.7 Å². The van der Waals surface area contributed by atoms with Crippen LogP contribution < -0.4 is 5.32 Å². The smallest absolute Gasteiger partial charge is 0.0250 e. The molecule has 1 aromatic rings. The average molecular weight is 236 g/mol. The van der Waals surface area contributed by atoms with Crippen molar-refractivity contribution in [1.29, 1.82) is 0 Å². The lowest BCUT2D eigenvalue weighted by Gasteiger charge is -2.38. The molecule has 1 aliphatic heterocycles. The third-order valence-corrected chi connectivity index (χ3v) is 4.92. The number of nitrogens with one attached hydrogen (secondary N) is 1. The quantitative estimate of drug-likeness (QED) is 0.865. The summed E-state index contributed by atoms with van der Waals surface area (Å²) in [5, 5.41) is 5.85. The Morgan fingerprint density at radius 2 is 2.44 bits per heavy atom. The molecular weight excluding hydrogens is 216 g/mol. The van der Waals surface area contributed by atoms with Crippen LogP contribution in [0.15, 0.2) is 17.5 Å². The molecule has 3 rings (SSSR count). The molecule has 0 radical (unpaired) electrons. The normalized spacial score (nSPS) is 30.5. The molecule has 1 saturated heterocycles. The van der Waals surface area contributed by atoms with Crippen molar-refractivity contribution in [1.82, 2.24) is 10.2 Å². The van der Waals surface area contributed by atoms with Gasteiger partial charge < -0.3 is 5.32 Å². The summed E-state index contributed by atoms with van der Waals surface area (Å²) in [5.41, 5.74) is 0. The van der Waals surface area contributed by atoms with E-state index in [1.807, 2.05) is 11.3 Å². The highest BCUT2D eigenvalue weighted by Gasteiger charge is 2.34. The van der Waals surface area contributed by atoms with Crippen molar-refractivity contribution in [2.24, 2.45) is 0 Å². The van der Waals surface area contributed by atoms with Crippen LogP contribution in [0.4, 0.5) is 0 Å². The van der Waals surface area contributed by atoms with Crippen LogP contribution in [0.3, 0.4) is 0 Å². The number of fused-ring (bicyclic) bond motifs is 1. The van der Waals surface area contributed by atoms with Gasteiger partial charge in [0.15, 0.2) is 0 Å². The largest absolute Gasteiger partial charge is 0.311 e. The van der Waals surface area contributed by atoms with Crippen molar-refractivity contribution < 1.29 is 0 Å². The van der Waals surface area contributed by atoms with Gasteiger partial charge in [-0.1, -0.05) is 12.5 Å². The highest BCUT2D eigenvalue weighted by Crippen LogP contribution is 2.26. The Morgan fingerprint density at radius 1 is 1.44 bits per heavy atom. The lowest BCUT2D eigenvalue weighted by Crippen LogP contribution is -2.55. The molecule has 3 heteroatoms. The summed E-state index contributed by atoms with van der Waals surface area (Å²) in [6.45, 7) is 3.68. The molecule has 0 unspecified atom stereocenters. The van der Waals surface area contributed by atoms with E-state index >= 15 is 0 Å². The number of hydrogen-bond donors (Lipinski definition) is 1. The maximum atomic E-state index is 3.67. The van der Waals surface area contributed by atoms with Crippen molar-refractivity contribution >= 4 is 11.3 Å². The van der Waals surface area contributed by atoms with Crippen molar-refractivity contribution in [2.75, 3.05) is 19.6 Å². The van der Waals surface area contributed by atoms with Gasteiger partial charge in [-0.05, 0) is 30.7 Å². The van der Waals surface area contributed by atoms with E-state index < -0.39 is 0 Å². The third-order valence-electron chi connectivity index (χ3n) is 3.98. The average Bonchev–Trinajstić information content (AvgIpc) is 2.97. The second-order valence-corrected chi connectivity index (χ2v) is 5.96. The predicted molar refractivity (Wildman–Crippen MR) is 69.0 cm³/mol. The fraction of sp³-hybridized carbons (Fsp3) is 0.692.